The zero-order valence-corrected chi connectivity index (χ0v) is 12.0. The fourth-order valence-electron chi connectivity index (χ4n) is 3.52. The monoisotopic (exact) mass is 256 g/mol. The standard InChI is InChI=1S/C14H28N2O2/c1-11(2)15-14(10-17)6-4-12(8-14)16(3)13-5-7-18-9-13/h11-13,15,17H,4-10H2,1-3H3. The van der Waals surface area contributed by atoms with Crippen molar-refractivity contribution >= 4 is 0 Å². The molecule has 1 saturated heterocycles. The molecule has 0 aromatic carbocycles. The van der Waals surface area contributed by atoms with E-state index in [9.17, 15) is 5.11 Å². The second-order valence-electron chi connectivity index (χ2n) is 6.32. The summed E-state index contributed by atoms with van der Waals surface area (Å²) < 4.78 is 5.47. The summed E-state index contributed by atoms with van der Waals surface area (Å²) in [5, 5.41) is 13.3. The molecule has 1 heterocycles. The summed E-state index contributed by atoms with van der Waals surface area (Å²) in [7, 11) is 2.22. The molecule has 106 valence electrons. The number of hydrogen-bond acceptors (Lipinski definition) is 4. The Kier molecular flexibility index (Phi) is 4.64. The van der Waals surface area contributed by atoms with Gasteiger partial charge >= 0.3 is 0 Å². The van der Waals surface area contributed by atoms with Crippen LogP contribution in [0.5, 0.6) is 0 Å². The van der Waals surface area contributed by atoms with E-state index in [1.165, 1.54) is 6.42 Å². The molecule has 4 heteroatoms. The number of aliphatic hydroxyl groups excluding tert-OH is 1. The van der Waals surface area contributed by atoms with E-state index in [1.54, 1.807) is 0 Å². The number of nitrogens with one attached hydrogen (secondary N) is 1. The van der Waals surface area contributed by atoms with Crippen molar-refractivity contribution in [2.45, 2.75) is 63.2 Å². The highest BCUT2D eigenvalue weighted by atomic mass is 16.5. The van der Waals surface area contributed by atoms with Crippen molar-refractivity contribution < 1.29 is 9.84 Å². The molecule has 0 amide bonds. The lowest BCUT2D eigenvalue weighted by atomic mass is 9.97. The van der Waals surface area contributed by atoms with Crippen LogP contribution in [0.25, 0.3) is 0 Å². The maximum atomic E-state index is 9.72. The largest absolute Gasteiger partial charge is 0.394 e. The Morgan fingerprint density at radius 2 is 2.17 bits per heavy atom. The molecular formula is C14H28N2O2. The summed E-state index contributed by atoms with van der Waals surface area (Å²) in [6, 6.07) is 1.58. The minimum atomic E-state index is -0.0629. The second-order valence-corrected chi connectivity index (χ2v) is 6.32. The SMILES string of the molecule is CC(C)NC1(CO)CCC(N(C)C2CCOC2)C1. The van der Waals surface area contributed by atoms with E-state index < -0.39 is 0 Å². The molecule has 3 unspecified atom stereocenters. The van der Waals surface area contributed by atoms with Gasteiger partial charge in [-0.05, 0) is 32.7 Å². The van der Waals surface area contributed by atoms with E-state index in [-0.39, 0.29) is 12.1 Å². The van der Waals surface area contributed by atoms with Crippen LogP contribution in [0.15, 0.2) is 0 Å². The molecule has 1 aliphatic carbocycles. The molecule has 1 aliphatic heterocycles. The Balaban J connectivity index is 1.93. The maximum Gasteiger partial charge on any atom is 0.0622 e. The van der Waals surface area contributed by atoms with Crippen molar-refractivity contribution in [3.8, 4) is 0 Å². The Bertz CT molecular complexity index is 267. The molecule has 0 radical (unpaired) electrons. The Morgan fingerprint density at radius 3 is 2.72 bits per heavy atom. The van der Waals surface area contributed by atoms with Crippen LogP contribution in [0.1, 0.15) is 39.5 Å². The fraction of sp³-hybridized carbons (Fsp3) is 1.00. The van der Waals surface area contributed by atoms with Crippen LogP contribution in [0, 0.1) is 0 Å². The molecule has 2 fully saturated rings. The van der Waals surface area contributed by atoms with Crippen LogP contribution in [-0.2, 0) is 4.74 Å². The van der Waals surface area contributed by atoms with Crippen molar-refractivity contribution in [3.63, 3.8) is 0 Å². The molecule has 3 atom stereocenters. The van der Waals surface area contributed by atoms with E-state index in [1.807, 2.05) is 0 Å². The van der Waals surface area contributed by atoms with Crippen molar-refractivity contribution in [2.24, 2.45) is 0 Å². The van der Waals surface area contributed by atoms with Gasteiger partial charge in [-0.15, -0.1) is 0 Å². The lowest BCUT2D eigenvalue weighted by Gasteiger charge is -2.34. The predicted molar refractivity (Wildman–Crippen MR) is 72.7 cm³/mol. The van der Waals surface area contributed by atoms with Gasteiger partial charge < -0.3 is 15.2 Å². The summed E-state index contributed by atoms with van der Waals surface area (Å²) in [5.41, 5.74) is -0.0629. The third kappa shape index (κ3) is 3.05. The Hall–Kier alpha value is -0.160. The Labute approximate surface area is 111 Å². The summed E-state index contributed by atoms with van der Waals surface area (Å²) in [6.45, 7) is 6.32. The minimum Gasteiger partial charge on any atom is -0.394 e. The first-order chi connectivity index (χ1) is 8.56. The topological polar surface area (TPSA) is 44.7 Å². The highest BCUT2D eigenvalue weighted by Crippen LogP contribution is 2.34. The smallest absolute Gasteiger partial charge is 0.0622 e. The number of rotatable bonds is 5. The van der Waals surface area contributed by atoms with Crippen LogP contribution >= 0.6 is 0 Å². The van der Waals surface area contributed by atoms with Gasteiger partial charge in [0.2, 0.25) is 0 Å². The molecule has 0 bridgehead atoms. The number of hydrogen-bond donors (Lipinski definition) is 2. The first kappa shape index (κ1) is 14.3. The third-order valence-electron chi connectivity index (χ3n) is 4.54. The highest BCUT2D eigenvalue weighted by molar-refractivity contribution is 5.00. The van der Waals surface area contributed by atoms with Crippen LogP contribution in [0.3, 0.4) is 0 Å². The molecule has 2 rings (SSSR count). The van der Waals surface area contributed by atoms with Crippen molar-refractivity contribution in [2.75, 3.05) is 26.9 Å². The van der Waals surface area contributed by atoms with Gasteiger partial charge in [0.05, 0.1) is 13.2 Å². The van der Waals surface area contributed by atoms with E-state index in [0.717, 1.165) is 32.5 Å². The lowest BCUT2D eigenvalue weighted by Crippen LogP contribution is -2.51. The summed E-state index contributed by atoms with van der Waals surface area (Å²) >= 11 is 0. The lowest BCUT2D eigenvalue weighted by molar-refractivity contribution is 0.115. The number of aliphatic hydroxyl groups is 1. The second kappa shape index (κ2) is 5.87. The average molecular weight is 256 g/mol. The van der Waals surface area contributed by atoms with E-state index >= 15 is 0 Å². The quantitative estimate of drug-likeness (QED) is 0.770. The van der Waals surface area contributed by atoms with Crippen molar-refractivity contribution in [3.05, 3.63) is 0 Å². The molecule has 2 aliphatic rings. The Morgan fingerprint density at radius 1 is 1.39 bits per heavy atom. The molecule has 18 heavy (non-hydrogen) atoms. The van der Waals surface area contributed by atoms with Crippen LogP contribution in [-0.4, -0.2) is 60.5 Å². The number of nitrogens with zero attached hydrogens (tertiary/aromatic N) is 1. The molecule has 4 nitrogen and oxygen atoms in total. The average Bonchev–Trinajstić information content (AvgIpc) is 2.96. The maximum absolute atomic E-state index is 9.72. The number of likely N-dealkylation sites (N-methyl/N-ethyl adjacent to an activating group) is 1. The molecular weight excluding hydrogens is 228 g/mol. The van der Waals surface area contributed by atoms with E-state index in [2.05, 4.69) is 31.1 Å². The first-order valence-corrected chi connectivity index (χ1v) is 7.24. The zero-order valence-electron chi connectivity index (χ0n) is 12.0. The van der Waals surface area contributed by atoms with Gasteiger partial charge in [0, 0.05) is 30.3 Å². The van der Waals surface area contributed by atoms with Gasteiger partial charge in [-0.3, -0.25) is 4.90 Å². The molecule has 0 aromatic heterocycles. The van der Waals surface area contributed by atoms with Crippen molar-refractivity contribution in [1.29, 1.82) is 0 Å². The van der Waals surface area contributed by atoms with Crippen LogP contribution in [0.2, 0.25) is 0 Å². The van der Waals surface area contributed by atoms with Gasteiger partial charge in [0.25, 0.3) is 0 Å². The van der Waals surface area contributed by atoms with Gasteiger partial charge in [-0.1, -0.05) is 13.8 Å². The summed E-state index contributed by atoms with van der Waals surface area (Å²) in [4.78, 5) is 2.48. The summed E-state index contributed by atoms with van der Waals surface area (Å²) in [5.74, 6) is 0. The first-order valence-electron chi connectivity index (χ1n) is 7.24. The zero-order chi connectivity index (χ0) is 13.2. The predicted octanol–water partition coefficient (Wildman–Crippen LogP) is 0.989. The van der Waals surface area contributed by atoms with Gasteiger partial charge in [0.15, 0.2) is 0 Å². The van der Waals surface area contributed by atoms with Gasteiger partial charge in [-0.2, -0.15) is 0 Å². The van der Waals surface area contributed by atoms with Crippen LogP contribution in [0.4, 0.5) is 0 Å². The normalized spacial score (nSPS) is 37.0. The van der Waals surface area contributed by atoms with Crippen molar-refractivity contribution in [1.82, 2.24) is 10.2 Å². The number of ether oxygens (including phenoxy) is 1. The van der Waals surface area contributed by atoms with E-state index in [4.69, 9.17) is 4.74 Å². The summed E-state index contributed by atoms with van der Waals surface area (Å²) in [6.07, 6.45) is 4.45. The minimum absolute atomic E-state index is 0.0629. The molecule has 0 aromatic rings. The van der Waals surface area contributed by atoms with E-state index in [0.29, 0.717) is 18.1 Å². The van der Waals surface area contributed by atoms with Gasteiger partial charge in [-0.25, -0.2) is 0 Å². The molecule has 1 saturated carbocycles. The highest BCUT2D eigenvalue weighted by Gasteiger charge is 2.41. The third-order valence-corrected chi connectivity index (χ3v) is 4.54. The molecule has 2 N–H and O–H groups in total. The van der Waals surface area contributed by atoms with Gasteiger partial charge in [0.1, 0.15) is 0 Å². The fourth-order valence-corrected chi connectivity index (χ4v) is 3.52. The molecule has 0 spiro atoms. The van der Waals surface area contributed by atoms with Crippen LogP contribution < -0.4 is 5.32 Å².